The van der Waals surface area contributed by atoms with Crippen LogP contribution in [0.25, 0.3) is 0 Å². The van der Waals surface area contributed by atoms with Crippen LogP contribution in [0.1, 0.15) is 29.7 Å². The van der Waals surface area contributed by atoms with Crippen molar-refractivity contribution in [3.8, 4) is 11.8 Å². The van der Waals surface area contributed by atoms with Crippen molar-refractivity contribution in [1.29, 1.82) is 0 Å². The SMILES string of the molecule is COc1ncnc(OC)c1CN[C@@H](C)c1cccc(C)c1. The summed E-state index contributed by atoms with van der Waals surface area (Å²) >= 11 is 0. The van der Waals surface area contributed by atoms with Crippen molar-refractivity contribution < 1.29 is 9.47 Å². The van der Waals surface area contributed by atoms with E-state index in [2.05, 4.69) is 53.4 Å². The smallest absolute Gasteiger partial charge is 0.224 e. The molecule has 0 amide bonds. The molecular formula is C16H21N3O2. The summed E-state index contributed by atoms with van der Waals surface area (Å²) in [5.41, 5.74) is 3.31. The van der Waals surface area contributed by atoms with Gasteiger partial charge in [-0.15, -0.1) is 0 Å². The zero-order valence-electron chi connectivity index (χ0n) is 12.9. The summed E-state index contributed by atoms with van der Waals surface area (Å²) in [5, 5.41) is 3.45. The van der Waals surface area contributed by atoms with Crippen molar-refractivity contribution >= 4 is 0 Å². The summed E-state index contributed by atoms with van der Waals surface area (Å²) in [7, 11) is 3.19. The third-order valence-electron chi connectivity index (χ3n) is 3.38. The predicted molar refractivity (Wildman–Crippen MR) is 81.6 cm³/mol. The van der Waals surface area contributed by atoms with E-state index >= 15 is 0 Å². The van der Waals surface area contributed by atoms with Crippen molar-refractivity contribution in [3.05, 3.63) is 47.3 Å². The molecule has 5 heteroatoms. The van der Waals surface area contributed by atoms with E-state index in [-0.39, 0.29) is 6.04 Å². The van der Waals surface area contributed by atoms with Crippen LogP contribution >= 0.6 is 0 Å². The number of nitrogens with zero attached hydrogens (tertiary/aromatic N) is 2. The van der Waals surface area contributed by atoms with Gasteiger partial charge in [0.2, 0.25) is 11.8 Å². The van der Waals surface area contributed by atoms with Crippen LogP contribution < -0.4 is 14.8 Å². The minimum Gasteiger partial charge on any atom is -0.481 e. The number of ether oxygens (including phenoxy) is 2. The van der Waals surface area contributed by atoms with Crippen LogP contribution in [-0.4, -0.2) is 24.2 Å². The Balaban J connectivity index is 2.12. The van der Waals surface area contributed by atoms with Crippen molar-refractivity contribution in [1.82, 2.24) is 15.3 Å². The fourth-order valence-corrected chi connectivity index (χ4v) is 2.20. The van der Waals surface area contributed by atoms with E-state index in [1.165, 1.54) is 17.5 Å². The Morgan fingerprint density at radius 3 is 2.38 bits per heavy atom. The Morgan fingerprint density at radius 2 is 1.81 bits per heavy atom. The van der Waals surface area contributed by atoms with Gasteiger partial charge >= 0.3 is 0 Å². The van der Waals surface area contributed by atoms with Crippen LogP contribution in [-0.2, 0) is 6.54 Å². The predicted octanol–water partition coefficient (Wildman–Crippen LogP) is 2.65. The Kier molecular flexibility index (Phi) is 5.11. The molecule has 1 atom stereocenters. The van der Waals surface area contributed by atoms with E-state index in [0.29, 0.717) is 18.3 Å². The molecule has 1 aromatic carbocycles. The Bertz CT molecular complexity index is 580. The molecule has 0 aliphatic carbocycles. The molecule has 5 nitrogen and oxygen atoms in total. The number of rotatable bonds is 6. The van der Waals surface area contributed by atoms with E-state index < -0.39 is 0 Å². The lowest BCUT2D eigenvalue weighted by Gasteiger charge is -2.17. The quantitative estimate of drug-likeness (QED) is 0.885. The highest BCUT2D eigenvalue weighted by Crippen LogP contribution is 2.24. The minimum absolute atomic E-state index is 0.208. The second kappa shape index (κ2) is 7.04. The molecule has 0 aliphatic rings. The number of aryl methyl sites for hydroxylation is 1. The summed E-state index contributed by atoms with van der Waals surface area (Å²) in [5.74, 6) is 1.07. The maximum atomic E-state index is 5.27. The number of benzene rings is 1. The van der Waals surface area contributed by atoms with Crippen LogP contribution in [0.2, 0.25) is 0 Å². The van der Waals surface area contributed by atoms with Gasteiger partial charge in [0.1, 0.15) is 6.33 Å². The number of hydrogen-bond acceptors (Lipinski definition) is 5. The zero-order valence-corrected chi connectivity index (χ0v) is 12.9. The molecule has 1 N–H and O–H groups in total. The normalized spacial score (nSPS) is 12.0. The maximum absolute atomic E-state index is 5.27. The van der Waals surface area contributed by atoms with E-state index in [4.69, 9.17) is 9.47 Å². The van der Waals surface area contributed by atoms with Gasteiger partial charge in [0.15, 0.2) is 0 Å². The van der Waals surface area contributed by atoms with Gasteiger partial charge in [0, 0.05) is 12.6 Å². The first-order valence-electron chi connectivity index (χ1n) is 6.87. The average Bonchev–Trinajstić information content (AvgIpc) is 2.52. The molecule has 0 saturated heterocycles. The molecule has 1 aromatic heterocycles. The monoisotopic (exact) mass is 287 g/mol. The molecule has 0 spiro atoms. The van der Waals surface area contributed by atoms with Crippen LogP contribution in [0.5, 0.6) is 11.8 Å². The molecule has 0 saturated carbocycles. The van der Waals surface area contributed by atoms with Crippen LogP contribution in [0.3, 0.4) is 0 Å². The molecule has 2 aromatic rings. The van der Waals surface area contributed by atoms with Gasteiger partial charge in [0.25, 0.3) is 0 Å². The highest BCUT2D eigenvalue weighted by molar-refractivity contribution is 5.34. The first-order valence-corrected chi connectivity index (χ1v) is 6.87. The highest BCUT2D eigenvalue weighted by Gasteiger charge is 2.14. The van der Waals surface area contributed by atoms with Crippen molar-refractivity contribution in [2.24, 2.45) is 0 Å². The first kappa shape index (κ1) is 15.3. The van der Waals surface area contributed by atoms with E-state index in [1.54, 1.807) is 14.2 Å². The van der Waals surface area contributed by atoms with E-state index in [0.717, 1.165) is 5.56 Å². The molecule has 0 unspecified atom stereocenters. The van der Waals surface area contributed by atoms with Gasteiger partial charge in [-0.05, 0) is 19.4 Å². The molecule has 21 heavy (non-hydrogen) atoms. The fraction of sp³-hybridized carbons (Fsp3) is 0.375. The summed E-state index contributed by atoms with van der Waals surface area (Å²) in [6.45, 7) is 4.78. The van der Waals surface area contributed by atoms with E-state index in [9.17, 15) is 0 Å². The lowest BCUT2D eigenvalue weighted by Crippen LogP contribution is -2.19. The Morgan fingerprint density at radius 1 is 1.14 bits per heavy atom. The topological polar surface area (TPSA) is 56.3 Å². The molecule has 1 heterocycles. The Hall–Kier alpha value is -2.14. The van der Waals surface area contributed by atoms with Crippen LogP contribution in [0.4, 0.5) is 0 Å². The van der Waals surface area contributed by atoms with Gasteiger partial charge in [0.05, 0.1) is 19.8 Å². The molecule has 0 bridgehead atoms. The average molecular weight is 287 g/mol. The highest BCUT2D eigenvalue weighted by atomic mass is 16.5. The second-order valence-corrected chi connectivity index (χ2v) is 4.89. The fourth-order valence-electron chi connectivity index (χ4n) is 2.20. The largest absolute Gasteiger partial charge is 0.481 e. The van der Waals surface area contributed by atoms with Gasteiger partial charge in [-0.3, -0.25) is 0 Å². The summed E-state index contributed by atoms with van der Waals surface area (Å²) in [6, 6.07) is 8.65. The van der Waals surface area contributed by atoms with Crippen LogP contribution in [0, 0.1) is 6.92 Å². The third kappa shape index (κ3) is 3.70. The molecular weight excluding hydrogens is 266 g/mol. The molecule has 0 radical (unpaired) electrons. The third-order valence-corrected chi connectivity index (χ3v) is 3.38. The lowest BCUT2D eigenvalue weighted by atomic mass is 10.1. The molecule has 2 rings (SSSR count). The molecule has 112 valence electrons. The summed E-state index contributed by atoms with van der Waals surface area (Å²) in [4.78, 5) is 8.23. The van der Waals surface area contributed by atoms with Gasteiger partial charge in [-0.1, -0.05) is 29.8 Å². The molecule has 0 aliphatic heterocycles. The zero-order chi connectivity index (χ0) is 15.2. The molecule has 0 fully saturated rings. The number of methoxy groups -OCH3 is 2. The van der Waals surface area contributed by atoms with Gasteiger partial charge in [-0.25, -0.2) is 9.97 Å². The number of nitrogens with one attached hydrogen (secondary N) is 1. The van der Waals surface area contributed by atoms with Crippen LogP contribution in [0.15, 0.2) is 30.6 Å². The van der Waals surface area contributed by atoms with Crippen molar-refractivity contribution in [3.63, 3.8) is 0 Å². The van der Waals surface area contributed by atoms with Gasteiger partial charge < -0.3 is 14.8 Å². The van der Waals surface area contributed by atoms with E-state index in [1.807, 2.05) is 0 Å². The lowest BCUT2D eigenvalue weighted by molar-refractivity contribution is 0.357. The number of aromatic nitrogens is 2. The standard InChI is InChI=1S/C16H21N3O2/c1-11-6-5-7-13(8-11)12(2)17-9-14-15(20-3)18-10-19-16(14)21-4/h5-8,10,12,17H,9H2,1-4H3/t12-/m0/s1. The maximum Gasteiger partial charge on any atom is 0.224 e. The summed E-state index contributed by atoms with van der Waals surface area (Å²) in [6.07, 6.45) is 1.44. The Labute approximate surface area is 125 Å². The van der Waals surface area contributed by atoms with Crippen molar-refractivity contribution in [2.75, 3.05) is 14.2 Å². The summed E-state index contributed by atoms with van der Waals surface area (Å²) < 4.78 is 10.5. The van der Waals surface area contributed by atoms with Gasteiger partial charge in [-0.2, -0.15) is 0 Å². The second-order valence-electron chi connectivity index (χ2n) is 4.89. The first-order chi connectivity index (χ1) is 10.2. The van der Waals surface area contributed by atoms with Crippen molar-refractivity contribution in [2.45, 2.75) is 26.4 Å². The number of hydrogen-bond donors (Lipinski definition) is 1. The minimum atomic E-state index is 0.208.